The van der Waals surface area contributed by atoms with Gasteiger partial charge in [-0.3, -0.25) is 9.59 Å². The zero-order valence-corrected chi connectivity index (χ0v) is 12.4. The van der Waals surface area contributed by atoms with Crippen molar-refractivity contribution in [3.8, 4) is 0 Å². The monoisotopic (exact) mass is 338 g/mol. The largest absolute Gasteiger partial charge is 0.459 e. The van der Waals surface area contributed by atoms with Gasteiger partial charge in [0.2, 0.25) is 5.91 Å². The molecule has 3 rings (SSSR count). The van der Waals surface area contributed by atoms with Gasteiger partial charge in [0.1, 0.15) is 10.7 Å². The van der Waals surface area contributed by atoms with E-state index in [4.69, 9.17) is 4.42 Å². The lowest BCUT2D eigenvalue weighted by atomic mass is 10.0. The summed E-state index contributed by atoms with van der Waals surface area (Å²) in [5.41, 5.74) is 0.715. The molecule has 9 heteroatoms. The Hall–Kier alpha value is -2.68. The third kappa shape index (κ3) is 2.95. The molecular formula is C14H11FN2O5S. The summed E-state index contributed by atoms with van der Waals surface area (Å²) >= 11 is 0. The van der Waals surface area contributed by atoms with Crippen LogP contribution in [0.4, 0.5) is 10.1 Å². The first-order valence-corrected chi connectivity index (χ1v) is 8.08. The van der Waals surface area contributed by atoms with Crippen molar-refractivity contribution in [1.82, 2.24) is 4.72 Å². The van der Waals surface area contributed by atoms with E-state index in [2.05, 4.69) is 5.32 Å². The minimum atomic E-state index is -4.41. The number of benzene rings is 1. The second-order valence-corrected chi connectivity index (χ2v) is 6.55. The van der Waals surface area contributed by atoms with Crippen LogP contribution in [0.25, 0.3) is 0 Å². The van der Waals surface area contributed by atoms with E-state index in [1.807, 2.05) is 0 Å². The number of fused-ring (bicyclic) bond motifs is 1. The normalized spacial score (nSPS) is 14.0. The Labute approximate surface area is 130 Å². The Bertz CT molecular complexity index is 890. The van der Waals surface area contributed by atoms with Gasteiger partial charge in [0.25, 0.3) is 10.0 Å². The molecule has 1 aromatic heterocycles. The maximum atomic E-state index is 14.1. The van der Waals surface area contributed by atoms with E-state index in [-0.39, 0.29) is 30.2 Å². The molecule has 2 amide bonds. The summed E-state index contributed by atoms with van der Waals surface area (Å²) in [5.74, 6) is -2.54. The molecular weight excluding hydrogens is 327 g/mol. The molecule has 0 unspecified atom stereocenters. The summed E-state index contributed by atoms with van der Waals surface area (Å²) < 4.78 is 45.0. The quantitative estimate of drug-likeness (QED) is 0.880. The lowest BCUT2D eigenvalue weighted by Crippen LogP contribution is -2.31. The average molecular weight is 338 g/mol. The summed E-state index contributed by atoms with van der Waals surface area (Å²) in [7, 11) is -4.41. The van der Waals surface area contributed by atoms with Gasteiger partial charge in [-0.1, -0.05) is 0 Å². The molecule has 2 N–H and O–H groups in total. The van der Waals surface area contributed by atoms with Crippen molar-refractivity contribution in [1.29, 1.82) is 0 Å². The van der Waals surface area contributed by atoms with Gasteiger partial charge in [-0.15, -0.1) is 0 Å². The van der Waals surface area contributed by atoms with E-state index in [1.165, 1.54) is 18.4 Å². The zero-order valence-electron chi connectivity index (χ0n) is 11.6. The highest BCUT2D eigenvalue weighted by molar-refractivity contribution is 7.90. The lowest BCUT2D eigenvalue weighted by molar-refractivity contribution is -0.116. The van der Waals surface area contributed by atoms with Crippen LogP contribution in [0.5, 0.6) is 0 Å². The maximum absolute atomic E-state index is 14.1. The van der Waals surface area contributed by atoms with Crippen LogP contribution in [-0.2, 0) is 21.2 Å². The first kappa shape index (κ1) is 15.2. The molecule has 1 aliphatic heterocycles. The number of aryl methyl sites for hydroxylation is 1. The summed E-state index contributed by atoms with van der Waals surface area (Å²) in [6.45, 7) is 0. The molecule has 7 nitrogen and oxygen atoms in total. The van der Waals surface area contributed by atoms with Crippen molar-refractivity contribution >= 4 is 27.5 Å². The molecule has 0 bridgehead atoms. The number of amides is 2. The Kier molecular flexibility index (Phi) is 3.64. The summed E-state index contributed by atoms with van der Waals surface area (Å²) in [6.07, 6.45) is 1.68. The van der Waals surface area contributed by atoms with Crippen molar-refractivity contribution < 1.29 is 26.8 Å². The summed E-state index contributed by atoms with van der Waals surface area (Å²) in [6, 6.07) is 4.74. The number of hydrogen-bond donors (Lipinski definition) is 2. The van der Waals surface area contributed by atoms with Gasteiger partial charge in [0.05, 0.1) is 6.26 Å². The SMILES string of the molecule is O=C1CCc2cc(S(=O)(=O)NC(=O)c3ccco3)c(F)cc2N1. The minimum absolute atomic E-state index is 0.177. The predicted molar refractivity (Wildman–Crippen MR) is 76.7 cm³/mol. The fraction of sp³-hybridized carbons (Fsp3) is 0.143. The smallest absolute Gasteiger partial charge is 0.300 e. The first-order chi connectivity index (χ1) is 10.9. The fourth-order valence-electron chi connectivity index (χ4n) is 2.22. The number of halogens is 1. The van der Waals surface area contributed by atoms with E-state index >= 15 is 0 Å². The van der Waals surface area contributed by atoms with Crippen molar-refractivity contribution in [2.24, 2.45) is 0 Å². The highest BCUT2D eigenvalue weighted by Crippen LogP contribution is 2.28. The van der Waals surface area contributed by atoms with E-state index in [0.29, 0.717) is 5.56 Å². The standard InChI is InChI=1S/C14H11FN2O5S/c15-9-7-10-8(3-4-13(18)16-10)6-12(9)23(20,21)17-14(19)11-2-1-5-22-11/h1-2,5-7H,3-4H2,(H,16,18)(H,17,19). The van der Waals surface area contributed by atoms with Crippen molar-refractivity contribution in [2.75, 3.05) is 5.32 Å². The van der Waals surface area contributed by atoms with E-state index in [0.717, 1.165) is 12.1 Å². The third-order valence-corrected chi connectivity index (χ3v) is 4.66. The highest BCUT2D eigenvalue weighted by atomic mass is 32.2. The Balaban J connectivity index is 1.94. The molecule has 0 radical (unpaired) electrons. The van der Waals surface area contributed by atoms with E-state index < -0.39 is 26.6 Å². The fourth-order valence-corrected chi connectivity index (χ4v) is 3.29. The molecule has 0 spiro atoms. The highest BCUT2D eigenvalue weighted by Gasteiger charge is 2.26. The van der Waals surface area contributed by atoms with Gasteiger partial charge < -0.3 is 9.73 Å². The second-order valence-electron chi connectivity index (χ2n) is 4.90. The molecule has 2 heterocycles. The molecule has 0 aliphatic carbocycles. The van der Waals surface area contributed by atoms with Crippen LogP contribution < -0.4 is 10.0 Å². The van der Waals surface area contributed by atoms with Crippen LogP contribution >= 0.6 is 0 Å². The number of carbonyl (C=O) groups excluding carboxylic acids is 2. The van der Waals surface area contributed by atoms with Gasteiger partial charge in [-0.05, 0) is 36.2 Å². The maximum Gasteiger partial charge on any atom is 0.300 e. The number of furan rings is 1. The number of rotatable bonds is 3. The molecule has 1 aromatic carbocycles. The molecule has 1 aliphatic rings. The van der Waals surface area contributed by atoms with Crippen molar-refractivity contribution in [3.63, 3.8) is 0 Å². The van der Waals surface area contributed by atoms with Crippen LogP contribution in [-0.4, -0.2) is 20.2 Å². The second kappa shape index (κ2) is 5.51. The van der Waals surface area contributed by atoms with Crippen molar-refractivity contribution in [3.05, 3.63) is 47.7 Å². The van der Waals surface area contributed by atoms with Crippen LogP contribution in [0.2, 0.25) is 0 Å². The predicted octanol–water partition coefficient (Wildman–Crippen LogP) is 1.42. The number of sulfonamides is 1. The number of anilines is 1. The van der Waals surface area contributed by atoms with Crippen molar-refractivity contribution in [2.45, 2.75) is 17.7 Å². The Morgan fingerprint density at radius 3 is 2.78 bits per heavy atom. The number of nitrogens with one attached hydrogen (secondary N) is 2. The van der Waals surface area contributed by atoms with E-state index in [1.54, 1.807) is 4.72 Å². The molecule has 0 fully saturated rings. The van der Waals surface area contributed by atoms with E-state index in [9.17, 15) is 22.4 Å². The van der Waals surface area contributed by atoms with Gasteiger partial charge in [0, 0.05) is 12.1 Å². The number of hydrogen-bond acceptors (Lipinski definition) is 5. The van der Waals surface area contributed by atoms with Gasteiger partial charge >= 0.3 is 5.91 Å². The molecule has 23 heavy (non-hydrogen) atoms. The van der Waals surface area contributed by atoms with Gasteiger partial charge in [-0.2, -0.15) is 0 Å². The van der Waals surface area contributed by atoms with Crippen LogP contribution in [0.15, 0.2) is 39.8 Å². The molecule has 0 saturated carbocycles. The van der Waals surface area contributed by atoms with Crippen LogP contribution in [0, 0.1) is 5.82 Å². The number of carbonyl (C=O) groups is 2. The van der Waals surface area contributed by atoms with Crippen LogP contribution in [0.3, 0.4) is 0 Å². The molecule has 2 aromatic rings. The first-order valence-electron chi connectivity index (χ1n) is 6.60. The zero-order chi connectivity index (χ0) is 16.6. The summed E-state index contributed by atoms with van der Waals surface area (Å²) in [5, 5.41) is 2.47. The lowest BCUT2D eigenvalue weighted by Gasteiger charge is -2.18. The van der Waals surface area contributed by atoms with Gasteiger partial charge in [0.15, 0.2) is 5.76 Å². The van der Waals surface area contributed by atoms with Crippen LogP contribution in [0.1, 0.15) is 22.5 Å². The summed E-state index contributed by atoms with van der Waals surface area (Å²) in [4.78, 5) is 22.4. The minimum Gasteiger partial charge on any atom is -0.459 e. The molecule has 120 valence electrons. The third-order valence-electron chi connectivity index (χ3n) is 3.31. The molecule has 0 atom stereocenters. The topological polar surface area (TPSA) is 105 Å². The average Bonchev–Trinajstić information content (AvgIpc) is 3.00. The Morgan fingerprint density at radius 2 is 2.09 bits per heavy atom. The van der Waals surface area contributed by atoms with Gasteiger partial charge in [-0.25, -0.2) is 17.5 Å². The molecule has 0 saturated heterocycles. The Morgan fingerprint density at radius 1 is 1.30 bits per heavy atom.